The molecule has 0 saturated carbocycles. The summed E-state index contributed by atoms with van der Waals surface area (Å²) in [7, 11) is 0. The van der Waals surface area contributed by atoms with Gasteiger partial charge in [-0.15, -0.1) is 0 Å². The van der Waals surface area contributed by atoms with Gasteiger partial charge in [0.25, 0.3) is 0 Å². The molecule has 0 aliphatic heterocycles. The predicted octanol–water partition coefficient (Wildman–Crippen LogP) is 3.58. The highest BCUT2D eigenvalue weighted by Crippen LogP contribution is 2.26. The lowest BCUT2D eigenvalue weighted by Gasteiger charge is -2.17. The first kappa shape index (κ1) is 14.8. The number of rotatable bonds is 6. The second-order valence-electron chi connectivity index (χ2n) is 5.29. The number of benzene rings is 1. The van der Waals surface area contributed by atoms with E-state index in [1.807, 2.05) is 0 Å². The molecule has 1 aromatic heterocycles. The zero-order valence-electron chi connectivity index (χ0n) is 13.0. The van der Waals surface area contributed by atoms with Crippen molar-refractivity contribution in [3.63, 3.8) is 0 Å². The van der Waals surface area contributed by atoms with E-state index in [4.69, 9.17) is 0 Å². The minimum atomic E-state index is 1.07. The Morgan fingerprint density at radius 3 is 2.50 bits per heavy atom. The smallest absolute Gasteiger partial charge is 0.0672 e. The molecule has 0 bridgehead atoms. The summed E-state index contributed by atoms with van der Waals surface area (Å²) in [4.78, 5) is 2.46. The lowest BCUT2D eigenvalue weighted by molar-refractivity contribution is 0.308. The first-order chi connectivity index (χ1) is 9.65. The zero-order chi connectivity index (χ0) is 14.5. The molecule has 1 heterocycles. The molecule has 0 aliphatic rings. The van der Waals surface area contributed by atoms with Gasteiger partial charge in [-0.25, -0.2) is 0 Å². The maximum atomic E-state index is 4.29. The molecule has 0 saturated heterocycles. The highest BCUT2D eigenvalue weighted by molar-refractivity contribution is 5.68. The third kappa shape index (κ3) is 3.28. The van der Waals surface area contributed by atoms with Crippen LogP contribution < -0.4 is 0 Å². The van der Waals surface area contributed by atoms with E-state index in [-0.39, 0.29) is 0 Å². The molecule has 2 aromatic rings. The Bertz CT molecular complexity index is 534. The van der Waals surface area contributed by atoms with Gasteiger partial charge < -0.3 is 4.90 Å². The molecule has 1 aromatic carbocycles. The largest absolute Gasteiger partial charge is 0.304 e. The van der Waals surface area contributed by atoms with Crippen LogP contribution in [0.25, 0.3) is 11.1 Å². The second kappa shape index (κ2) is 6.71. The van der Waals surface area contributed by atoms with E-state index in [0.717, 1.165) is 37.4 Å². The monoisotopic (exact) mass is 271 g/mol. The van der Waals surface area contributed by atoms with Crippen LogP contribution in [-0.2, 0) is 6.42 Å². The molecule has 3 heteroatoms. The van der Waals surface area contributed by atoms with Crippen LogP contribution in [0.3, 0.4) is 0 Å². The van der Waals surface area contributed by atoms with Crippen molar-refractivity contribution in [1.82, 2.24) is 15.1 Å². The van der Waals surface area contributed by atoms with Crippen molar-refractivity contribution in [3.8, 4) is 11.1 Å². The van der Waals surface area contributed by atoms with Crippen molar-refractivity contribution in [1.29, 1.82) is 0 Å². The van der Waals surface area contributed by atoms with Gasteiger partial charge >= 0.3 is 0 Å². The molecule has 1 N–H and O–H groups in total. The molecule has 0 aliphatic carbocycles. The summed E-state index contributed by atoms with van der Waals surface area (Å²) < 4.78 is 0. The van der Waals surface area contributed by atoms with Crippen molar-refractivity contribution < 1.29 is 0 Å². The Labute approximate surface area is 122 Å². The van der Waals surface area contributed by atoms with Crippen molar-refractivity contribution >= 4 is 0 Å². The van der Waals surface area contributed by atoms with E-state index in [9.17, 15) is 0 Å². The molecule has 0 spiro atoms. The van der Waals surface area contributed by atoms with E-state index in [1.54, 1.807) is 0 Å². The first-order valence-electron chi connectivity index (χ1n) is 7.49. The first-order valence-corrected chi connectivity index (χ1v) is 7.49. The summed E-state index contributed by atoms with van der Waals surface area (Å²) in [5, 5.41) is 7.35. The van der Waals surface area contributed by atoms with Crippen LogP contribution in [-0.4, -0.2) is 34.7 Å². The molecule has 0 amide bonds. The summed E-state index contributed by atoms with van der Waals surface area (Å²) >= 11 is 0. The molecule has 0 fully saturated rings. The molecular formula is C17H25N3. The van der Waals surface area contributed by atoms with Crippen LogP contribution in [0, 0.1) is 13.8 Å². The van der Waals surface area contributed by atoms with Gasteiger partial charge in [0.2, 0.25) is 0 Å². The minimum absolute atomic E-state index is 1.07. The van der Waals surface area contributed by atoms with E-state index >= 15 is 0 Å². The van der Waals surface area contributed by atoms with Crippen molar-refractivity contribution in [2.45, 2.75) is 34.1 Å². The van der Waals surface area contributed by atoms with Crippen molar-refractivity contribution in [2.75, 3.05) is 19.6 Å². The number of hydrogen-bond donors (Lipinski definition) is 1. The van der Waals surface area contributed by atoms with Gasteiger partial charge in [0.15, 0.2) is 0 Å². The molecule has 2 rings (SSSR count). The summed E-state index contributed by atoms with van der Waals surface area (Å²) in [6.07, 6.45) is 1.10. The lowest BCUT2D eigenvalue weighted by Crippen LogP contribution is -2.25. The Kier molecular flexibility index (Phi) is 4.96. The van der Waals surface area contributed by atoms with Gasteiger partial charge in [-0.1, -0.05) is 38.1 Å². The predicted molar refractivity (Wildman–Crippen MR) is 85.0 cm³/mol. The maximum absolute atomic E-state index is 4.29. The van der Waals surface area contributed by atoms with Crippen molar-refractivity contribution in [2.24, 2.45) is 0 Å². The topological polar surface area (TPSA) is 31.9 Å². The summed E-state index contributed by atoms with van der Waals surface area (Å²) in [6, 6.07) is 8.84. The number of likely N-dealkylation sites (N-methyl/N-ethyl adjacent to an activating group) is 1. The van der Waals surface area contributed by atoms with Crippen molar-refractivity contribution in [3.05, 3.63) is 41.2 Å². The average molecular weight is 271 g/mol. The fraction of sp³-hybridized carbons (Fsp3) is 0.471. The number of nitrogens with zero attached hydrogens (tertiary/aromatic N) is 2. The Balaban J connectivity index is 2.16. The third-order valence-corrected chi connectivity index (χ3v) is 3.95. The second-order valence-corrected chi connectivity index (χ2v) is 5.29. The van der Waals surface area contributed by atoms with Crippen LogP contribution >= 0.6 is 0 Å². The number of H-pyrrole nitrogens is 1. The fourth-order valence-electron chi connectivity index (χ4n) is 2.69. The van der Waals surface area contributed by atoms with Crippen LogP contribution in [0.2, 0.25) is 0 Å². The maximum Gasteiger partial charge on any atom is 0.0672 e. The SMILES string of the molecule is CCN(CC)CCc1cccc(-c2c(C)n[nH]c2C)c1. The van der Waals surface area contributed by atoms with Gasteiger partial charge in [0.05, 0.1) is 5.69 Å². The Morgan fingerprint density at radius 2 is 1.90 bits per heavy atom. The van der Waals surface area contributed by atoms with Crippen LogP contribution in [0.15, 0.2) is 24.3 Å². The third-order valence-electron chi connectivity index (χ3n) is 3.95. The molecule has 0 radical (unpaired) electrons. The molecule has 0 atom stereocenters. The number of aryl methyl sites for hydroxylation is 2. The fourth-order valence-corrected chi connectivity index (χ4v) is 2.69. The minimum Gasteiger partial charge on any atom is -0.304 e. The molecule has 20 heavy (non-hydrogen) atoms. The molecule has 3 nitrogen and oxygen atoms in total. The van der Waals surface area contributed by atoms with Gasteiger partial charge in [-0.05, 0) is 44.5 Å². The summed E-state index contributed by atoms with van der Waals surface area (Å²) in [5.41, 5.74) is 6.13. The number of aromatic amines is 1. The van der Waals surface area contributed by atoms with E-state index in [2.05, 4.69) is 67.1 Å². The normalized spacial score (nSPS) is 11.2. The molecule has 108 valence electrons. The van der Waals surface area contributed by atoms with Gasteiger partial charge in [0, 0.05) is 17.8 Å². The quantitative estimate of drug-likeness (QED) is 0.871. The van der Waals surface area contributed by atoms with Crippen LogP contribution in [0.4, 0.5) is 0 Å². The molecular weight excluding hydrogens is 246 g/mol. The van der Waals surface area contributed by atoms with Gasteiger partial charge in [0.1, 0.15) is 0 Å². The molecule has 0 unspecified atom stereocenters. The van der Waals surface area contributed by atoms with Crippen LogP contribution in [0.1, 0.15) is 30.8 Å². The van der Waals surface area contributed by atoms with Crippen LogP contribution in [0.5, 0.6) is 0 Å². The highest BCUT2D eigenvalue weighted by atomic mass is 15.1. The Morgan fingerprint density at radius 1 is 1.15 bits per heavy atom. The summed E-state index contributed by atoms with van der Waals surface area (Å²) in [6.45, 7) is 11.9. The zero-order valence-corrected chi connectivity index (χ0v) is 13.0. The average Bonchev–Trinajstić information content (AvgIpc) is 2.79. The van der Waals surface area contributed by atoms with E-state index < -0.39 is 0 Å². The van der Waals surface area contributed by atoms with Gasteiger partial charge in [-0.3, -0.25) is 5.10 Å². The standard InChI is InChI=1S/C17H25N3/c1-5-20(6-2)11-10-15-8-7-9-16(12-15)17-13(3)18-19-14(17)4/h7-9,12H,5-6,10-11H2,1-4H3,(H,18,19). The summed E-state index contributed by atoms with van der Waals surface area (Å²) in [5.74, 6) is 0. The van der Waals surface area contributed by atoms with E-state index in [0.29, 0.717) is 0 Å². The number of aromatic nitrogens is 2. The highest BCUT2D eigenvalue weighted by Gasteiger charge is 2.09. The Hall–Kier alpha value is -1.61. The van der Waals surface area contributed by atoms with E-state index in [1.165, 1.54) is 16.7 Å². The lowest BCUT2D eigenvalue weighted by atomic mass is 10.0. The number of hydrogen-bond acceptors (Lipinski definition) is 2. The number of nitrogens with one attached hydrogen (secondary N) is 1. The van der Waals surface area contributed by atoms with Gasteiger partial charge in [-0.2, -0.15) is 5.10 Å².